The summed E-state index contributed by atoms with van der Waals surface area (Å²) in [7, 11) is 0. The first-order chi connectivity index (χ1) is 30.2. The maximum atomic E-state index is 14.6. The highest BCUT2D eigenvalue weighted by Gasteiger charge is 2.48. The lowest BCUT2D eigenvalue weighted by molar-refractivity contribution is -0.606. The zero-order valence-electron chi connectivity index (χ0n) is 37.0. The van der Waals surface area contributed by atoms with Gasteiger partial charge in [0, 0.05) is 37.9 Å². The van der Waals surface area contributed by atoms with Crippen molar-refractivity contribution in [1.82, 2.24) is 14.5 Å². The van der Waals surface area contributed by atoms with Gasteiger partial charge in [0.1, 0.15) is 42.2 Å². The van der Waals surface area contributed by atoms with Crippen LogP contribution in [0.4, 0.5) is 9.59 Å². The molecule has 0 spiro atoms. The number of amides is 4. The van der Waals surface area contributed by atoms with Crippen LogP contribution in [-0.4, -0.2) is 78.7 Å². The molecular formula is C49H64N7O7+. The average Bonchev–Trinajstić information content (AvgIpc) is 3.92. The first-order valence-electron chi connectivity index (χ1n) is 22.0. The van der Waals surface area contributed by atoms with Gasteiger partial charge in [0.15, 0.2) is 0 Å². The van der Waals surface area contributed by atoms with Gasteiger partial charge >= 0.3 is 18.0 Å². The van der Waals surface area contributed by atoms with Gasteiger partial charge in [-0.25, -0.2) is 24.4 Å². The first kappa shape index (κ1) is 47.0. The van der Waals surface area contributed by atoms with Gasteiger partial charge in [-0.3, -0.25) is 4.90 Å². The number of imide groups is 1. The molecule has 4 aromatic rings. The predicted molar refractivity (Wildman–Crippen MR) is 240 cm³/mol. The fourth-order valence-corrected chi connectivity index (χ4v) is 8.64. The molecule has 336 valence electrons. The van der Waals surface area contributed by atoms with E-state index in [1.165, 1.54) is 12.5 Å². The number of urea groups is 1. The van der Waals surface area contributed by atoms with E-state index in [-0.39, 0.29) is 25.5 Å². The van der Waals surface area contributed by atoms with Crippen LogP contribution in [0.3, 0.4) is 0 Å². The number of nitrogens with two attached hydrogens (primary N) is 2. The summed E-state index contributed by atoms with van der Waals surface area (Å²) >= 11 is 0. The van der Waals surface area contributed by atoms with Crippen LogP contribution >= 0.6 is 0 Å². The van der Waals surface area contributed by atoms with Crippen LogP contribution in [0.15, 0.2) is 120 Å². The molecule has 6 rings (SSSR count). The number of carbonyl (C=O) groups excluding carboxylic acids is 3. The molecular weight excluding hydrogens is 799 g/mol. The third kappa shape index (κ3) is 12.8. The molecule has 1 aliphatic carbocycles. The van der Waals surface area contributed by atoms with Gasteiger partial charge in [-0.05, 0) is 75.5 Å². The number of ether oxygens (including phenoxy) is 3. The normalized spacial score (nSPS) is 20.6. The molecule has 0 radical (unpaired) electrons. The molecule has 1 saturated carbocycles. The summed E-state index contributed by atoms with van der Waals surface area (Å²) in [6.07, 6.45) is 8.57. The number of primary amides is 1. The van der Waals surface area contributed by atoms with Gasteiger partial charge in [0.05, 0.1) is 19.3 Å². The summed E-state index contributed by atoms with van der Waals surface area (Å²) in [6.45, 7) is 8.84. The summed E-state index contributed by atoms with van der Waals surface area (Å²) in [5, 5.41) is 12.6. The standard InChI is InChI=1S/C49H63N7O7/c1-35(25-41-29-56(33-53-41,47(51)59)46(58)42(50)27-36-15-8-5-9-16-36)55(48(60)63-49(2,3)4)43(28-39-21-14-22-40(26-39)32-61-30-37-17-10-6-11-18-37)44(57)45-52-23-24-54(45)34-62-31-38-19-12-7-13-20-38/h5-13,15-20,23-24,29,33,35,39-40,42-44,57H,14,21-22,25-28,30-32,34,50H2,1-4H3,(H-,51,59)/p+1/t35-,39?,40?,42+,43+,44-,56?/m1/s1. The molecule has 2 aliphatic rings. The number of quaternary nitrogens is 1. The lowest BCUT2D eigenvalue weighted by Crippen LogP contribution is -2.59. The lowest BCUT2D eigenvalue weighted by Gasteiger charge is -2.42. The van der Waals surface area contributed by atoms with Crippen molar-refractivity contribution in [3.63, 3.8) is 0 Å². The molecule has 2 heterocycles. The summed E-state index contributed by atoms with van der Waals surface area (Å²) in [6, 6.07) is 25.7. The molecule has 1 fully saturated rings. The van der Waals surface area contributed by atoms with Crippen LogP contribution in [0.5, 0.6) is 0 Å². The van der Waals surface area contributed by atoms with Crippen molar-refractivity contribution < 1.29 is 38.2 Å². The Morgan fingerprint density at radius 2 is 1.49 bits per heavy atom. The minimum absolute atomic E-state index is 0.0999. The number of benzene rings is 3. The molecule has 0 bridgehead atoms. The highest BCUT2D eigenvalue weighted by molar-refractivity contribution is 5.95. The second-order valence-electron chi connectivity index (χ2n) is 17.9. The number of aliphatic hydroxyl groups excluding tert-OH is 1. The molecule has 4 amide bonds. The smallest absolute Gasteiger partial charge is 0.432 e. The van der Waals surface area contributed by atoms with E-state index in [0.717, 1.165) is 42.4 Å². The van der Waals surface area contributed by atoms with Crippen LogP contribution in [0, 0.1) is 11.8 Å². The van der Waals surface area contributed by atoms with Gasteiger partial charge in [-0.2, -0.15) is 0 Å². The van der Waals surface area contributed by atoms with Crippen LogP contribution in [0.2, 0.25) is 0 Å². The molecule has 3 unspecified atom stereocenters. The number of rotatable bonds is 19. The van der Waals surface area contributed by atoms with Gasteiger partial charge in [0.2, 0.25) is 6.34 Å². The van der Waals surface area contributed by atoms with Gasteiger partial charge in [-0.15, -0.1) is 4.48 Å². The SMILES string of the molecule is C[C@H](CC1=C[N+](C(N)=O)(C(=O)[C@@H](N)Cc2ccccc2)C=N1)N(C(=O)OC(C)(C)C)[C@@H](CC1CCCC(COCc2ccccc2)C1)[C@@H](O)c1nccn1COCc1ccccc1. The van der Waals surface area contributed by atoms with E-state index in [9.17, 15) is 19.5 Å². The Balaban J connectivity index is 1.28. The van der Waals surface area contributed by atoms with E-state index in [1.807, 2.05) is 85.8 Å². The fraction of sp³-hybridized carbons (Fsp3) is 0.449. The molecule has 63 heavy (non-hydrogen) atoms. The van der Waals surface area contributed by atoms with Gasteiger partial charge in [0.25, 0.3) is 0 Å². The maximum Gasteiger partial charge on any atom is 0.432 e. The van der Waals surface area contributed by atoms with Crippen molar-refractivity contribution >= 4 is 24.4 Å². The number of hydrogen-bond donors (Lipinski definition) is 3. The van der Waals surface area contributed by atoms with E-state index in [1.54, 1.807) is 42.6 Å². The Labute approximate surface area is 371 Å². The molecule has 7 atom stereocenters. The van der Waals surface area contributed by atoms with E-state index >= 15 is 0 Å². The second kappa shape index (κ2) is 21.7. The molecule has 5 N–H and O–H groups in total. The zero-order valence-corrected chi connectivity index (χ0v) is 37.0. The lowest BCUT2D eigenvalue weighted by atomic mass is 9.77. The molecule has 1 aliphatic heterocycles. The van der Waals surface area contributed by atoms with E-state index < -0.39 is 52.3 Å². The number of aliphatic hydroxyl groups is 1. The third-order valence-electron chi connectivity index (χ3n) is 11.7. The highest BCUT2D eigenvalue weighted by Crippen LogP contribution is 2.38. The van der Waals surface area contributed by atoms with Crippen molar-refractivity contribution in [2.24, 2.45) is 28.3 Å². The molecule has 14 heteroatoms. The topological polar surface area (TPSA) is 185 Å². The number of carbonyl (C=O) groups is 3. The van der Waals surface area contributed by atoms with Crippen LogP contribution in [0.1, 0.15) is 94.8 Å². The third-order valence-corrected chi connectivity index (χ3v) is 11.7. The quantitative estimate of drug-likeness (QED) is 0.0793. The van der Waals surface area contributed by atoms with Crippen molar-refractivity contribution in [1.29, 1.82) is 0 Å². The van der Waals surface area contributed by atoms with Crippen LogP contribution in [0.25, 0.3) is 0 Å². The fourth-order valence-electron chi connectivity index (χ4n) is 8.64. The van der Waals surface area contributed by atoms with E-state index in [2.05, 4.69) is 22.1 Å². The molecule has 1 aromatic heterocycles. The Bertz CT molecular complexity index is 2160. The van der Waals surface area contributed by atoms with Crippen LogP contribution < -0.4 is 11.5 Å². The number of imidazole rings is 1. The maximum absolute atomic E-state index is 14.6. The van der Waals surface area contributed by atoms with Crippen molar-refractivity contribution in [3.05, 3.63) is 138 Å². The largest absolute Gasteiger partial charge is 0.444 e. The predicted octanol–water partition coefficient (Wildman–Crippen LogP) is 7.76. The monoisotopic (exact) mass is 862 g/mol. The minimum atomic E-state index is -1.26. The van der Waals surface area contributed by atoms with Gasteiger partial charge < -0.3 is 35.4 Å². The van der Waals surface area contributed by atoms with Crippen molar-refractivity contribution in [2.45, 2.75) is 122 Å². The summed E-state index contributed by atoms with van der Waals surface area (Å²) in [5.74, 6) is 0.142. The first-order valence-corrected chi connectivity index (χ1v) is 22.0. The van der Waals surface area contributed by atoms with Crippen molar-refractivity contribution in [2.75, 3.05) is 6.61 Å². The zero-order chi connectivity index (χ0) is 45.0. The second-order valence-corrected chi connectivity index (χ2v) is 17.9. The average molecular weight is 863 g/mol. The molecule has 3 aromatic carbocycles. The molecule has 14 nitrogen and oxygen atoms in total. The summed E-state index contributed by atoms with van der Waals surface area (Å²) in [4.78, 5) is 52.3. The highest BCUT2D eigenvalue weighted by atomic mass is 16.6. The van der Waals surface area contributed by atoms with Crippen molar-refractivity contribution in [3.8, 4) is 0 Å². The number of hydrogen-bond acceptors (Lipinski definition) is 10. The summed E-state index contributed by atoms with van der Waals surface area (Å²) < 4.78 is 19.1. The summed E-state index contributed by atoms with van der Waals surface area (Å²) in [5.41, 5.74) is 14.8. The Kier molecular flexibility index (Phi) is 16.2. The Morgan fingerprint density at radius 3 is 2.11 bits per heavy atom. The van der Waals surface area contributed by atoms with E-state index in [0.29, 0.717) is 43.7 Å². The molecule has 0 saturated heterocycles. The number of aliphatic imine (C=N–C) groups is 1. The Morgan fingerprint density at radius 1 is 0.889 bits per heavy atom. The van der Waals surface area contributed by atoms with Crippen LogP contribution in [-0.2, 0) is 45.4 Å². The minimum Gasteiger partial charge on any atom is -0.444 e. The number of aromatic nitrogens is 2. The van der Waals surface area contributed by atoms with E-state index in [4.69, 9.17) is 25.7 Å². The van der Waals surface area contributed by atoms with Gasteiger partial charge in [-0.1, -0.05) is 104 Å². The Hall–Kier alpha value is -5.51. The number of nitrogens with zero attached hydrogens (tertiary/aromatic N) is 5.